The number of carboxylic acids is 1. The Morgan fingerprint density at radius 2 is 1.87 bits per heavy atom. The third-order valence-electron chi connectivity index (χ3n) is 2.94. The molecule has 0 aromatic rings. The summed E-state index contributed by atoms with van der Waals surface area (Å²) in [5.41, 5.74) is -1.16. The predicted molar refractivity (Wildman–Crippen MR) is 56.4 cm³/mol. The third kappa shape index (κ3) is 3.53. The van der Waals surface area contributed by atoms with Gasteiger partial charge in [0.2, 0.25) is 5.91 Å². The number of aliphatic carboxylic acids is 1. The van der Waals surface area contributed by atoms with Crippen LogP contribution in [0.15, 0.2) is 0 Å². The molecule has 0 spiro atoms. The van der Waals surface area contributed by atoms with E-state index in [1.165, 1.54) is 26.7 Å². The lowest BCUT2D eigenvalue weighted by molar-refractivity contribution is -0.146. The first-order valence-corrected chi connectivity index (χ1v) is 5.46. The molecule has 86 valence electrons. The number of carbonyl (C=O) groups is 2. The van der Waals surface area contributed by atoms with E-state index in [0.29, 0.717) is 12.3 Å². The average Bonchev–Trinajstić information content (AvgIpc) is 2.54. The van der Waals surface area contributed by atoms with Gasteiger partial charge in [0, 0.05) is 6.42 Å². The van der Waals surface area contributed by atoms with E-state index in [9.17, 15) is 9.59 Å². The monoisotopic (exact) mass is 213 g/mol. The SMILES string of the molecule is CC(C)(NC(=O)CC1CCCC1)C(=O)O. The summed E-state index contributed by atoms with van der Waals surface area (Å²) in [6, 6.07) is 0. The van der Waals surface area contributed by atoms with Gasteiger partial charge < -0.3 is 10.4 Å². The van der Waals surface area contributed by atoms with Crippen molar-refractivity contribution in [3.63, 3.8) is 0 Å². The molecule has 0 bridgehead atoms. The number of rotatable bonds is 4. The van der Waals surface area contributed by atoms with Crippen molar-refractivity contribution in [1.82, 2.24) is 5.32 Å². The van der Waals surface area contributed by atoms with Gasteiger partial charge in [-0.05, 0) is 32.6 Å². The van der Waals surface area contributed by atoms with Gasteiger partial charge in [0.05, 0.1) is 0 Å². The van der Waals surface area contributed by atoms with Crippen molar-refractivity contribution in [3.05, 3.63) is 0 Å². The predicted octanol–water partition coefficient (Wildman–Crippen LogP) is 1.55. The highest BCUT2D eigenvalue weighted by Gasteiger charge is 2.30. The Morgan fingerprint density at radius 1 is 1.33 bits per heavy atom. The molecule has 1 aliphatic carbocycles. The number of hydrogen-bond acceptors (Lipinski definition) is 2. The fourth-order valence-electron chi connectivity index (χ4n) is 1.93. The van der Waals surface area contributed by atoms with Crippen LogP contribution in [0.1, 0.15) is 46.0 Å². The lowest BCUT2D eigenvalue weighted by Crippen LogP contribution is -2.49. The zero-order chi connectivity index (χ0) is 11.5. The molecule has 0 aromatic heterocycles. The molecule has 1 aliphatic rings. The van der Waals surface area contributed by atoms with Gasteiger partial charge in [-0.2, -0.15) is 0 Å². The largest absolute Gasteiger partial charge is 0.480 e. The highest BCUT2D eigenvalue weighted by Crippen LogP contribution is 2.27. The minimum Gasteiger partial charge on any atom is -0.480 e. The van der Waals surface area contributed by atoms with Gasteiger partial charge in [0.15, 0.2) is 0 Å². The van der Waals surface area contributed by atoms with Crippen molar-refractivity contribution >= 4 is 11.9 Å². The van der Waals surface area contributed by atoms with Crippen LogP contribution in [0.5, 0.6) is 0 Å². The molecule has 0 radical (unpaired) electrons. The van der Waals surface area contributed by atoms with E-state index in [1.807, 2.05) is 0 Å². The maximum Gasteiger partial charge on any atom is 0.328 e. The molecule has 0 atom stereocenters. The fraction of sp³-hybridized carbons (Fsp3) is 0.818. The number of carbonyl (C=O) groups excluding carboxylic acids is 1. The summed E-state index contributed by atoms with van der Waals surface area (Å²) >= 11 is 0. The summed E-state index contributed by atoms with van der Waals surface area (Å²) < 4.78 is 0. The minimum absolute atomic E-state index is 0.144. The Morgan fingerprint density at radius 3 is 2.33 bits per heavy atom. The van der Waals surface area contributed by atoms with Gasteiger partial charge in [-0.1, -0.05) is 12.8 Å². The molecule has 1 fully saturated rings. The molecule has 1 amide bonds. The lowest BCUT2D eigenvalue weighted by atomic mass is 10.0. The summed E-state index contributed by atoms with van der Waals surface area (Å²) in [4.78, 5) is 22.3. The topological polar surface area (TPSA) is 66.4 Å². The average molecular weight is 213 g/mol. The molecule has 0 saturated heterocycles. The van der Waals surface area contributed by atoms with Crippen LogP contribution in [-0.2, 0) is 9.59 Å². The van der Waals surface area contributed by atoms with Crippen LogP contribution < -0.4 is 5.32 Å². The Hall–Kier alpha value is -1.06. The van der Waals surface area contributed by atoms with Crippen LogP contribution in [0.2, 0.25) is 0 Å². The van der Waals surface area contributed by atoms with E-state index in [4.69, 9.17) is 5.11 Å². The molecule has 0 aromatic carbocycles. The van der Waals surface area contributed by atoms with E-state index >= 15 is 0 Å². The molecular formula is C11H19NO3. The van der Waals surface area contributed by atoms with Gasteiger partial charge in [-0.3, -0.25) is 4.79 Å². The first-order valence-electron chi connectivity index (χ1n) is 5.46. The van der Waals surface area contributed by atoms with E-state index in [0.717, 1.165) is 12.8 Å². The minimum atomic E-state index is -1.16. The first kappa shape index (κ1) is 12.0. The standard InChI is InChI=1S/C11H19NO3/c1-11(2,10(14)15)12-9(13)7-8-5-3-4-6-8/h8H,3-7H2,1-2H3,(H,12,13)(H,14,15). The number of hydrogen-bond donors (Lipinski definition) is 2. The molecule has 1 rings (SSSR count). The Balaban J connectivity index is 2.38. The van der Waals surface area contributed by atoms with Crippen LogP contribution in [0.25, 0.3) is 0 Å². The summed E-state index contributed by atoms with van der Waals surface area (Å²) in [6.07, 6.45) is 5.05. The fourth-order valence-corrected chi connectivity index (χ4v) is 1.93. The molecule has 0 aliphatic heterocycles. The molecule has 0 heterocycles. The van der Waals surface area contributed by atoms with E-state index in [1.54, 1.807) is 0 Å². The first-order chi connectivity index (χ1) is 6.92. The third-order valence-corrected chi connectivity index (χ3v) is 2.94. The van der Waals surface area contributed by atoms with Gasteiger partial charge in [0.25, 0.3) is 0 Å². The van der Waals surface area contributed by atoms with Gasteiger partial charge in [0.1, 0.15) is 5.54 Å². The zero-order valence-electron chi connectivity index (χ0n) is 9.38. The van der Waals surface area contributed by atoms with Crippen LogP contribution in [-0.4, -0.2) is 22.5 Å². The van der Waals surface area contributed by atoms with Crippen molar-refractivity contribution in [3.8, 4) is 0 Å². The molecule has 0 unspecified atom stereocenters. The molecule has 1 saturated carbocycles. The van der Waals surface area contributed by atoms with Crippen LogP contribution in [0.3, 0.4) is 0 Å². The van der Waals surface area contributed by atoms with Crippen molar-refractivity contribution in [2.24, 2.45) is 5.92 Å². The van der Waals surface area contributed by atoms with Gasteiger partial charge in [-0.25, -0.2) is 4.79 Å². The molecule has 4 heteroatoms. The van der Waals surface area contributed by atoms with E-state index < -0.39 is 11.5 Å². The Bertz CT molecular complexity index is 255. The van der Waals surface area contributed by atoms with Crippen LogP contribution >= 0.6 is 0 Å². The molecular weight excluding hydrogens is 194 g/mol. The highest BCUT2D eigenvalue weighted by molar-refractivity contribution is 5.86. The van der Waals surface area contributed by atoms with Crippen molar-refractivity contribution < 1.29 is 14.7 Å². The second-order valence-electron chi connectivity index (χ2n) is 4.83. The zero-order valence-corrected chi connectivity index (χ0v) is 9.38. The number of nitrogens with one attached hydrogen (secondary N) is 1. The summed E-state index contributed by atoms with van der Waals surface area (Å²) in [6.45, 7) is 3.00. The van der Waals surface area contributed by atoms with Crippen molar-refractivity contribution in [1.29, 1.82) is 0 Å². The second kappa shape index (κ2) is 4.64. The van der Waals surface area contributed by atoms with Gasteiger partial charge >= 0.3 is 5.97 Å². The summed E-state index contributed by atoms with van der Waals surface area (Å²) in [5, 5.41) is 11.4. The molecule has 2 N–H and O–H groups in total. The number of carboxylic acid groups (broad SMARTS) is 1. The lowest BCUT2D eigenvalue weighted by Gasteiger charge is -2.21. The molecule has 4 nitrogen and oxygen atoms in total. The Kier molecular flexibility index (Phi) is 3.72. The second-order valence-corrected chi connectivity index (χ2v) is 4.83. The Labute approximate surface area is 90.0 Å². The van der Waals surface area contributed by atoms with E-state index in [2.05, 4.69) is 5.32 Å². The smallest absolute Gasteiger partial charge is 0.328 e. The van der Waals surface area contributed by atoms with Crippen LogP contribution in [0, 0.1) is 5.92 Å². The van der Waals surface area contributed by atoms with E-state index in [-0.39, 0.29) is 5.91 Å². The number of amides is 1. The quantitative estimate of drug-likeness (QED) is 0.744. The maximum atomic E-state index is 11.5. The van der Waals surface area contributed by atoms with Crippen LogP contribution in [0.4, 0.5) is 0 Å². The summed E-state index contributed by atoms with van der Waals surface area (Å²) in [5.74, 6) is -0.689. The molecule has 15 heavy (non-hydrogen) atoms. The summed E-state index contributed by atoms with van der Waals surface area (Å²) in [7, 11) is 0. The van der Waals surface area contributed by atoms with Crippen molar-refractivity contribution in [2.75, 3.05) is 0 Å². The maximum absolute atomic E-state index is 11.5. The van der Waals surface area contributed by atoms with Crippen molar-refractivity contribution in [2.45, 2.75) is 51.5 Å². The highest BCUT2D eigenvalue weighted by atomic mass is 16.4. The van der Waals surface area contributed by atoms with Gasteiger partial charge in [-0.15, -0.1) is 0 Å². The normalized spacial score (nSPS) is 17.7.